The molecular formula is C15H11N4S+. The van der Waals surface area contributed by atoms with Gasteiger partial charge in [0.15, 0.2) is 5.69 Å². The zero-order chi connectivity index (χ0) is 15.8. The van der Waals surface area contributed by atoms with Crippen LogP contribution in [0.1, 0.15) is 9.68 Å². The minimum Gasteiger partial charge on any atom is -0.251 e. The third-order valence-electron chi connectivity index (χ3n) is 3.77. The monoisotopic (exact) mass is 282 g/mol. The molecule has 0 fully saturated rings. The van der Waals surface area contributed by atoms with Crippen molar-refractivity contribution in [2.24, 2.45) is 6.98 Å². The van der Waals surface area contributed by atoms with E-state index in [0.29, 0.717) is 17.9 Å². The lowest BCUT2D eigenvalue weighted by Crippen LogP contribution is -2.30. The third kappa shape index (κ3) is 1.10. The molecule has 1 aliphatic rings. The maximum atomic E-state index is 8.03. The van der Waals surface area contributed by atoms with Gasteiger partial charge >= 0.3 is 5.82 Å². The Labute approximate surface area is 123 Å². The summed E-state index contributed by atoms with van der Waals surface area (Å²) in [7, 11) is 0. The van der Waals surface area contributed by atoms with Crippen molar-refractivity contribution in [1.29, 1.82) is 0 Å². The fourth-order valence-electron chi connectivity index (χ4n) is 2.93. The van der Waals surface area contributed by atoms with E-state index in [1.165, 1.54) is 4.57 Å². The van der Waals surface area contributed by atoms with E-state index in [0.717, 1.165) is 26.3 Å². The molecule has 0 amide bonds. The van der Waals surface area contributed by atoms with Crippen LogP contribution in [0.25, 0.3) is 32.1 Å². The predicted molar refractivity (Wildman–Crippen MR) is 78.6 cm³/mol. The Balaban J connectivity index is 2.01. The van der Waals surface area contributed by atoms with Crippen LogP contribution in [0.3, 0.4) is 0 Å². The van der Waals surface area contributed by atoms with Crippen LogP contribution in [0, 0.1) is 0 Å². The average molecular weight is 282 g/mol. The molecule has 4 aromatic heterocycles. The molecule has 4 nitrogen and oxygen atoms in total. The smallest absolute Gasteiger partial charge is 0.251 e. The lowest BCUT2D eigenvalue weighted by molar-refractivity contribution is -0.644. The molecule has 0 unspecified atom stereocenters. The third-order valence-corrected chi connectivity index (χ3v) is 4.93. The number of fused-ring (bicyclic) bond motifs is 7. The first-order valence-electron chi connectivity index (χ1n) is 7.82. The second kappa shape index (κ2) is 3.43. The topological polar surface area (TPSA) is 34.6 Å². The number of aryl methyl sites for hydroxylation is 1. The largest absolute Gasteiger partial charge is 0.309 e. The fourth-order valence-corrected chi connectivity index (χ4v) is 4.08. The lowest BCUT2D eigenvalue weighted by Gasteiger charge is -1.94. The first-order chi connectivity index (χ1) is 11.1. The second-order valence-corrected chi connectivity index (χ2v) is 5.89. The number of nitrogens with zero attached hydrogens (tertiary/aromatic N) is 4. The molecular weight excluding hydrogens is 268 g/mol. The predicted octanol–water partition coefficient (Wildman–Crippen LogP) is 2.50. The summed E-state index contributed by atoms with van der Waals surface area (Å²) in [5.74, 6) is 0.648. The van der Waals surface area contributed by atoms with E-state index in [1.807, 2.05) is 28.8 Å². The van der Waals surface area contributed by atoms with Gasteiger partial charge in [-0.25, -0.2) is 14.1 Å². The highest BCUT2D eigenvalue weighted by molar-refractivity contribution is 7.25. The maximum Gasteiger partial charge on any atom is 0.309 e. The van der Waals surface area contributed by atoms with Gasteiger partial charge in [-0.1, -0.05) is 17.4 Å². The van der Waals surface area contributed by atoms with Gasteiger partial charge in [0.05, 0.1) is 15.8 Å². The molecule has 96 valence electrons. The van der Waals surface area contributed by atoms with Crippen molar-refractivity contribution in [3.05, 3.63) is 42.2 Å². The van der Waals surface area contributed by atoms with Gasteiger partial charge in [0.1, 0.15) is 12.1 Å². The molecule has 4 aromatic rings. The first-order valence-corrected chi connectivity index (χ1v) is 7.14. The van der Waals surface area contributed by atoms with Crippen LogP contribution in [0.4, 0.5) is 0 Å². The molecule has 0 radical (unpaired) electrons. The summed E-state index contributed by atoms with van der Waals surface area (Å²) in [6.07, 6.45) is 3.41. The first kappa shape index (κ1) is 8.11. The van der Waals surface area contributed by atoms with Crippen molar-refractivity contribution in [3.63, 3.8) is 0 Å². The van der Waals surface area contributed by atoms with Gasteiger partial charge in [-0.15, -0.1) is 0 Å². The Kier molecular flexibility index (Phi) is 1.39. The van der Waals surface area contributed by atoms with Crippen LogP contribution in [0.15, 0.2) is 36.7 Å². The highest BCUT2D eigenvalue weighted by Gasteiger charge is 2.35. The number of hydrogen-bond acceptors (Lipinski definition) is 3. The molecule has 20 heavy (non-hydrogen) atoms. The number of imidazole rings is 1. The molecule has 0 bridgehead atoms. The number of rotatable bonds is 0. The van der Waals surface area contributed by atoms with Gasteiger partial charge in [-0.2, -0.15) is 0 Å². The number of pyridine rings is 2. The zero-order valence-electron chi connectivity index (χ0n) is 13.4. The van der Waals surface area contributed by atoms with Crippen LogP contribution in [-0.4, -0.2) is 14.5 Å². The van der Waals surface area contributed by atoms with Crippen molar-refractivity contribution in [1.82, 2.24) is 14.5 Å². The van der Waals surface area contributed by atoms with Gasteiger partial charge < -0.3 is 0 Å². The van der Waals surface area contributed by atoms with Crippen LogP contribution in [-0.2, 0) is 13.5 Å². The summed E-state index contributed by atoms with van der Waals surface area (Å²) in [5.41, 5.74) is 3.21. The van der Waals surface area contributed by atoms with Gasteiger partial charge in [0.25, 0.3) is 0 Å². The van der Waals surface area contributed by atoms with Gasteiger partial charge in [0, 0.05) is 18.0 Å². The number of aromatic nitrogens is 4. The Bertz CT molecular complexity index is 1090. The minimum absolute atomic E-state index is 0.644. The molecule has 0 aromatic carbocycles. The molecule has 5 heterocycles. The molecule has 5 heteroatoms. The Morgan fingerprint density at radius 1 is 1.30 bits per heavy atom. The maximum absolute atomic E-state index is 8.03. The molecule has 0 saturated heterocycles. The molecule has 0 saturated carbocycles. The SMILES string of the molecule is [2H]C([2H])([2H])n1c2[n+](c3sc4cccnc4c31)Cc1cccnc1-2. The zero-order valence-corrected chi connectivity index (χ0v) is 11.2. The summed E-state index contributed by atoms with van der Waals surface area (Å²) in [6.45, 7) is -1.64. The van der Waals surface area contributed by atoms with Crippen LogP contribution >= 0.6 is 11.3 Å². The quantitative estimate of drug-likeness (QED) is 0.409. The van der Waals surface area contributed by atoms with E-state index in [-0.39, 0.29) is 0 Å². The van der Waals surface area contributed by atoms with Crippen LogP contribution < -0.4 is 4.57 Å². The summed E-state index contributed by atoms with van der Waals surface area (Å²) < 4.78 is 28.5. The second-order valence-electron chi connectivity index (χ2n) is 4.86. The lowest BCUT2D eigenvalue weighted by atomic mass is 10.2. The van der Waals surface area contributed by atoms with Crippen LogP contribution in [0.5, 0.6) is 0 Å². The summed E-state index contributed by atoms with van der Waals surface area (Å²) in [4.78, 5) is 9.77. The summed E-state index contributed by atoms with van der Waals surface area (Å²) in [6, 6.07) is 7.73. The molecule has 0 spiro atoms. The Hall–Kier alpha value is -2.27. The average Bonchev–Trinajstić information content (AvgIpc) is 3.13. The number of hydrogen-bond donors (Lipinski definition) is 0. The van der Waals surface area contributed by atoms with Gasteiger partial charge in [-0.3, -0.25) is 4.98 Å². The molecule has 5 rings (SSSR count). The fraction of sp³-hybridized carbons (Fsp3) is 0.133. The molecule has 1 aliphatic heterocycles. The summed E-state index contributed by atoms with van der Waals surface area (Å²) in [5, 5.41) is 0. The van der Waals surface area contributed by atoms with Gasteiger partial charge in [0.2, 0.25) is 10.3 Å². The summed E-state index contributed by atoms with van der Waals surface area (Å²) >= 11 is 1.58. The van der Waals surface area contributed by atoms with Crippen molar-refractivity contribution < 1.29 is 8.68 Å². The molecule has 0 aliphatic carbocycles. The van der Waals surface area contributed by atoms with Crippen LogP contribution in [0.2, 0.25) is 0 Å². The highest BCUT2D eigenvalue weighted by atomic mass is 32.1. The van der Waals surface area contributed by atoms with Crippen molar-refractivity contribution >= 4 is 31.9 Å². The van der Waals surface area contributed by atoms with Crippen molar-refractivity contribution in [2.45, 2.75) is 6.54 Å². The molecule has 0 N–H and O–H groups in total. The Morgan fingerprint density at radius 3 is 3.15 bits per heavy atom. The van der Waals surface area contributed by atoms with Gasteiger partial charge in [-0.05, 0) is 18.2 Å². The normalized spacial score (nSPS) is 15.9. The van der Waals surface area contributed by atoms with E-state index in [1.54, 1.807) is 23.7 Å². The van der Waals surface area contributed by atoms with E-state index >= 15 is 0 Å². The van der Waals surface area contributed by atoms with Crippen molar-refractivity contribution in [2.75, 3.05) is 0 Å². The van der Waals surface area contributed by atoms with Crippen molar-refractivity contribution in [3.8, 4) is 11.5 Å². The van der Waals surface area contributed by atoms with E-state index in [2.05, 4.69) is 9.97 Å². The number of thiophene rings is 1. The van der Waals surface area contributed by atoms with E-state index < -0.39 is 6.98 Å². The highest BCUT2D eigenvalue weighted by Crippen LogP contribution is 2.36. The minimum atomic E-state index is -2.29. The Morgan fingerprint density at radius 2 is 2.20 bits per heavy atom. The standard InChI is InChI=1S/C15H11N4S/c1-18-13-12-10(5-3-7-17-12)20-15(13)19-8-9-4-2-6-16-11(9)14(18)19/h2-7H,8H2,1H3/q+1/i1D3. The van der Waals surface area contributed by atoms with E-state index in [9.17, 15) is 0 Å². The van der Waals surface area contributed by atoms with E-state index in [4.69, 9.17) is 4.11 Å². The molecule has 0 atom stereocenters.